The van der Waals surface area contributed by atoms with Crippen LogP contribution in [0.25, 0.3) is 16.4 Å². The average Bonchev–Trinajstić information content (AvgIpc) is 3.41. The number of rotatable bonds is 5. The van der Waals surface area contributed by atoms with Crippen molar-refractivity contribution in [2.45, 2.75) is 0 Å². The number of nitrogen functional groups attached to an aromatic ring is 1. The number of amides is 1. The van der Waals surface area contributed by atoms with Gasteiger partial charge in [-0.3, -0.25) is 4.79 Å². The third kappa shape index (κ3) is 3.31. The summed E-state index contributed by atoms with van der Waals surface area (Å²) in [5.74, 6) is -0.354. The molecule has 4 aromatic rings. The Balaban J connectivity index is 1.65. The van der Waals surface area contributed by atoms with Crippen LogP contribution in [0.1, 0.15) is 16.1 Å². The van der Waals surface area contributed by atoms with Crippen molar-refractivity contribution in [2.24, 2.45) is 5.10 Å². The fourth-order valence-electron chi connectivity index (χ4n) is 2.38. The molecule has 0 bridgehead atoms. The number of anilines is 1. The van der Waals surface area contributed by atoms with Gasteiger partial charge < -0.3 is 10.8 Å². The Hall–Kier alpha value is -4.06. The Labute approximate surface area is 161 Å². The van der Waals surface area contributed by atoms with E-state index in [0.717, 1.165) is 4.88 Å². The summed E-state index contributed by atoms with van der Waals surface area (Å²) < 4.78 is 5.89. The Kier molecular flexibility index (Phi) is 4.51. The fourth-order valence-corrected chi connectivity index (χ4v) is 3.13. The Morgan fingerprint density at radius 3 is 2.93 bits per heavy atom. The van der Waals surface area contributed by atoms with Crippen LogP contribution in [0.4, 0.5) is 5.82 Å². The highest BCUT2D eigenvalue weighted by molar-refractivity contribution is 7.13. The van der Waals surface area contributed by atoms with Crippen LogP contribution >= 0.6 is 11.3 Å². The molecule has 0 saturated heterocycles. The van der Waals surface area contributed by atoms with Gasteiger partial charge in [-0.05, 0) is 39.5 Å². The molecule has 0 unspecified atom stereocenters. The normalized spacial score (nSPS) is 11.1. The van der Waals surface area contributed by atoms with Gasteiger partial charge in [0.15, 0.2) is 5.69 Å². The van der Waals surface area contributed by atoms with Gasteiger partial charge in [0.05, 0.1) is 11.1 Å². The van der Waals surface area contributed by atoms with Crippen molar-refractivity contribution < 1.29 is 14.5 Å². The number of aromatic hydroxyl groups is 1. The van der Waals surface area contributed by atoms with Crippen molar-refractivity contribution in [1.29, 1.82) is 0 Å². The van der Waals surface area contributed by atoms with Crippen LogP contribution in [0.3, 0.4) is 0 Å². The second kappa shape index (κ2) is 7.28. The molecule has 0 saturated carbocycles. The van der Waals surface area contributed by atoms with Crippen LogP contribution in [0.15, 0.2) is 51.5 Å². The Morgan fingerprint density at radius 2 is 2.21 bits per heavy atom. The lowest BCUT2D eigenvalue weighted by Crippen LogP contribution is -2.19. The van der Waals surface area contributed by atoms with Crippen LogP contribution in [0.5, 0.6) is 5.75 Å². The van der Waals surface area contributed by atoms with Crippen molar-refractivity contribution in [3.63, 3.8) is 0 Å². The van der Waals surface area contributed by atoms with Crippen LogP contribution in [-0.2, 0) is 0 Å². The first-order valence-corrected chi connectivity index (χ1v) is 8.72. The number of carbonyl (C=O) groups excluding carboxylic acids is 1. The number of nitrogens with two attached hydrogens (primary N) is 1. The van der Waals surface area contributed by atoms with E-state index in [1.807, 2.05) is 11.4 Å². The zero-order valence-corrected chi connectivity index (χ0v) is 14.9. The summed E-state index contributed by atoms with van der Waals surface area (Å²) in [6, 6.07) is 10.0. The number of thiophene rings is 1. The van der Waals surface area contributed by atoms with Gasteiger partial charge >= 0.3 is 0 Å². The largest absolute Gasteiger partial charge is 0.508 e. The number of nitrogens with one attached hydrogen (secondary N) is 1. The molecule has 140 valence electrons. The number of hydrogen-bond donors (Lipinski definition) is 3. The van der Waals surface area contributed by atoms with Crippen molar-refractivity contribution in [3.8, 4) is 22.1 Å². The van der Waals surface area contributed by atoms with E-state index in [0.29, 0.717) is 11.3 Å². The first kappa shape index (κ1) is 17.4. The third-order valence-corrected chi connectivity index (χ3v) is 4.46. The van der Waals surface area contributed by atoms with Crippen LogP contribution in [0.2, 0.25) is 0 Å². The van der Waals surface area contributed by atoms with Crippen LogP contribution in [0, 0.1) is 0 Å². The molecule has 0 aliphatic carbocycles. The van der Waals surface area contributed by atoms with Crippen LogP contribution < -0.4 is 11.2 Å². The highest BCUT2D eigenvalue weighted by Gasteiger charge is 2.25. The molecular formula is C16H12N8O3S. The minimum absolute atomic E-state index is 0.0107. The molecule has 4 N–H and O–H groups in total. The maximum atomic E-state index is 12.6. The van der Waals surface area contributed by atoms with E-state index in [4.69, 9.17) is 5.73 Å². The molecule has 0 aliphatic heterocycles. The molecule has 0 atom stereocenters. The maximum absolute atomic E-state index is 12.6. The van der Waals surface area contributed by atoms with E-state index in [9.17, 15) is 9.90 Å². The SMILES string of the molecule is Nc1nonc1-n1nnc(C(=O)NN=Cc2cccc(O)c2)c1-c1cccs1. The van der Waals surface area contributed by atoms with E-state index >= 15 is 0 Å². The summed E-state index contributed by atoms with van der Waals surface area (Å²) in [6.45, 7) is 0. The van der Waals surface area contributed by atoms with Gasteiger partial charge in [-0.15, -0.1) is 16.4 Å². The molecule has 28 heavy (non-hydrogen) atoms. The van der Waals surface area contributed by atoms with Gasteiger partial charge in [-0.2, -0.15) is 9.78 Å². The number of aromatic nitrogens is 5. The average molecular weight is 396 g/mol. The number of hydrazone groups is 1. The van der Waals surface area contributed by atoms with E-state index < -0.39 is 5.91 Å². The number of carbonyl (C=O) groups is 1. The highest BCUT2D eigenvalue weighted by atomic mass is 32.1. The fraction of sp³-hybridized carbons (Fsp3) is 0. The molecule has 0 fully saturated rings. The smallest absolute Gasteiger partial charge is 0.294 e. The van der Waals surface area contributed by atoms with E-state index in [2.05, 4.69) is 35.8 Å². The summed E-state index contributed by atoms with van der Waals surface area (Å²) in [7, 11) is 0. The van der Waals surface area contributed by atoms with Crippen molar-refractivity contribution in [1.82, 2.24) is 30.7 Å². The molecule has 0 spiro atoms. The maximum Gasteiger partial charge on any atom is 0.294 e. The molecular weight excluding hydrogens is 384 g/mol. The zero-order valence-electron chi connectivity index (χ0n) is 14.1. The quantitative estimate of drug-likeness (QED) is 0.338. The Morgan fingerprint density at radius 1 is 1.32 bits per heavy atom. The first-order valence-electron chi connectivity index (χ1n) is 7.84. The lowest BCUT2D eigenvalue weighted by molar-refractivity contribution is 0.0951. The van der Waals surface area contributed by atoms with Crippen molar-refractivity contribution in [2.75, 3.05) is 5.73 Å². The number of benzene rings is 1. The second-order valence-corrected chi connectivity index (χ2v) is 6.39. The monoisotopic (exact) mass is 396 g/mol. The lowest BCUT2D eigenvalue weighted by atomic mass is 10.2. The van der Waals surface area contributed by atoms with E-state index in [-0.39, 0.29) is 23.1 Å². The predicted molar refractivity (Wildman–Crippen MR) is 100 cm³/mol. The molecule has 3 heterocycles. The Bertz CT molecular complexity index is 1150. The topological polar surface area (TPSA) is 157 Å². The van der Waals surface area contributed by atoms with E-state index in [1.165, 1.54) is 34.4 Å². The molecule has 12 heteroatoms. The van der Waals surface area contributed by atoms with E-state index in [1.54, 1.807) is 18.2 Å². The molecule has 3 aromatic heterocycles. The zero-order chi connectivity index (χ0) is 19.5. The van der Waals surface area contributed by atoms with Gasteiger partial charge in [0.2, 0.25) is 11.6 Å². The molecule has 11 nitrogen and oxygen atoms in total. The highest BCUT2D eigenvalue weighted by Crippen LogP contribution is 2.29. The summed E-state index contributed by atoms with van der Waals surface area (Å²) >= 11 is 1.39. The summed E-state index contributed by atoms with van der Waals surface area (Å²) in [5, 5.41) is 30.3. The third-order valence-electron chi connectivity index (χ3n) is 3.59. The van der Waals surface area contributed by atoms with Gasteiger partial charge in [-0.1, -0.05) is 23.4 Å². The van der Waals surface area contributed by atoms with Gasteiger partial charge in [-0.25, -0.2) is 10.1 Å². The first-order chi connectivity index (χ1) is 13.6. The van der Waals surface area contributed by atoms with Crippen molar-refractivity contribution >= 4 is 29.3 Å². The van der Waals surface area contributed by atoms with Gasteiger partial charge in [0.1, 0.15) is 11.4 Å². The summed E-state index contributed by atoms with van der Waals surface area (Å²) in [6.07, 6.45) is 1.40. The summed E-state index contributed by atoms with van der Waals surface area (Å²) in [5.41, 5.74) is 9.15. The van der Waals surface area contributed by atoms with Gasteiger partial charge in [0, 0.05) is 0 Å². The predicted octanol–water partition coefficient (Wildman–Crippen LogP) is 1.43. The summed E-state index contributed by atoms with van der Waals surface area (Å²) in [4.78, 5) is 13.3. The second-order valence-electron chi connectivity index (χ2n) is 5.44. The minimum atomic E-state index is -0.582. The molecule has 0 radical (unpaired) electrons. The van der Waals surface area contributed by atoms with Gasteiger partial charge in [0.25, 0.3) is 5.91 Å². The molecule has 4 rings (SSSR count). The number of hydrogen-bond acceptors (Lipinski definition) is 10. The molecule has 1 aromatic carbocycles. The van der Waals surface area contributed by atoms with Crippen molar-refractivity contribution in [3.05, 3.63) is 53.0 Å². The number of phenols is 1. The standard InChI is InChI=1S/C16H12N8O3S/c17-14-15(22-27-21-14)24-13(11-5-2-6-28-11)12(19-23-24)16(26)20-18-8-9-3-1-4-10(25)7-9/h1-8,25H,(H2,17,21)(H,20,26). The molecule has 0 aliphatic rings. The molecule has 1 amide bonds. The number of phenolic OH excluding ortho intramolecular Hbond substituents is 1. The lowest BCUT2D eigenvalue weighted by Gasteiger charge is -2.03. The minimum Gasteiger partial charge on any atom is -0.508 e. The van der Waals surface area contributed by atoms with Crippen LogP contribution in [-0.4, -0.2) is 42.5 Å². The number of nitrogens with zero attached hydrogens (tertiary/aromatic N) is 6.